The quantitative estimate of drug-likeness (QED) is 0.0362. The van der Waals surface area contributed by atoms with Gasteiger partial charge in [-0.1, -0.05) is 71.8 Å². The monoisotopic (exact) mass is 1030 g/mol. The number of aromatic carboxylic acids is 1. The van der Waals surface area contributed by atoms with Gasteiger partial charge in [-0.2, -0.15) is 0 Å². The van der Waals surface area contributed by atoms with Crippen molar-refractivity contribution in [3.05, 3.63) is 138 Å². The van der Waals surface area contributed by atoms with E-state index in [0.29, 0.717) is 28.5 Å². The van der Waals surface area contributed by atoms with E-state index in [-0.39, 0.29) is 39.2 Å². The number of Topliss-reactive ketones (excluding diaryl/α,β-unsaturated/α-hetero) is 1. The van der Waals surface area contributed by atoms with Gasteiger partial charge in [0.2, 0.25) is 0 Å². The number of rotatable bonds is 18. The Labute approximate surface area is 401 Å². The predicted molar refractivity (Wildman–Crippen MR) is 263 cm³/mol. The zero-order chi connectivity index (χ0) is 51.2. The van der Waals surface area contributed by atoms with Gasteiger partial charge in [-0.25, -0.2) is 41.6 Å². The third-order valence-corrected chi connectivity index (χ3v) is 19.3. The number of carbonyl (C=O) groups excluding carboxylic acids is 1. The summed E-state index contributed by atoms with van der Waals surface area (Å²) >= 11 is 0. The summed E-state index contributed by atoms with van der Waals surface area (Å²) < 4.78 is 91.6. The van der Waals surface area contributed by atoms with Crippen LogP contribution in [0.5, 0.6) is 0 Å². The van der Waals surface area contributed by atoms with Crippen molar-refractivity contribution in [3.63, 3.8) is 0 Å². The number of carboxylic acids is 1. The van der Waals surface area contributed by atoms with Crippen molar-refractivity contribution < 1.29 is 58.8 Å². The van der Waals surface area contributed by atoms with Gasteiger partial charge in [-0.3, -0.25) is 13.9 Å². The molecule has 0 radical (unpaired) electrons. The lowest BCUT2D eigenvalue weighted by Crippen LogP contribution is -2.12. The van der Waals surface area contributed by atoms with Crippen molar-refractivity contribution in [3.8, 4) is 22.5 Å². The Kier molecular flexibility index (Phi) is 19.6. The Morgan fingerprint density at radius 1 is 0.594 bits per heavy atom. The van der Waals surface area contributed by atoms with Crippen LogP contribution in [0.25, 0.3) is 22.5 Å². The molecule has 0 bridgehead atoms. The molecule has 24 heteroatoms. The SMILES string of the molecule is CNc1ncc(-c2ccc(C)cc2)nc1C(=O)Cc1ccc(S(=O)(=O)CP(=O)(OC)OC)cc1.CNc1ncc(-c2ccc(C)cc2)nc1C(=O)O.COP(=O)(CS(=O)(=O)c1ccc(N)cc1)OC. The average molecular weight is 1030 g/mol. The van der Waals surface area contributed by atoms with Crippen LogP contribution in [0.1, 0.15) is 37.7 Å². The molecule has 69 heavy (non-hydrogen) atoms. The molecule has 20 nitrogen and oxygen atoms in total. The van der Waals surface area contributed by atoms with Crippen LogP contribution in [-0.2, 0) is 53.3 Å². The highest BCUT2D eigenvalue weighted by Crippen LogP contribution is 2.49. The van der Waals surface area contributed by atoms with E-state index >= 15 is 0 Å². The van der Waals surface area contributed by atoms with Gasteiger partial charge in [0.15, 0.2) is 53.8 Å². The molecule has 0 saturated carbocycles. The summed E-state index contributed by atoms with van der Waals surface area (Å²) in [5, 5.41) is 14.7. The minimum atomic E-state index is -3.92. The summed E-state index contributed by atoms with van der Waals surface area (Å²) in [7, 11) is -7.18. The predicted octanol–water partition coefficient (Wildman–Crippen LogP) is 7.81. The summed E-state index contributed by atoms with van der Waals surface area (Å²) in [5.41, 5.74) is 10.2. The van der Waals surface area contributed by atoms with Crippen LogP contribution >= 0.6 is 15.2 Å². The van der Waals surface area contributed by atoms with E-state index in [1.54, 1.807) is 26.5 Å². The molecule has 2 heterocycles. The highest BCUT2D eigenvalue weighted by molar-refractivity contribution is 7.98. The molecule has 4 aromatic carbocycles. The van der Waals surface area contributed by atoms with Crippen LogP contribution in [0.4, 0.5) is 17.3 Å². The van der Waals surface area contributed by atoms with Gasteiger partial charge in [-0.15, -0.1) is 0 Å². The molecule has 0 saturated heterocycles. The molecule has 0 aliphatic rings. The first-order chi connectivity index (χ1) is 32.5. The van der Waals surface area contributed by atoms with Crippen LogP contribution in [-0.4, -0.2) is 107 Å². The molecule has 0 unspecified atom stereocenters. The average Bonchev–Trinajstić information content (AvgIpc) is 3.34. The molecule has 0 amide bonds. The van der Waals surface area contributed by atoms with E-state index < -0.39 is 51.8 Å². The first-order valence-electron chi connectivity index (χ1n) is 20.4. The number of nitrogen functional groups attached to an aromatic ring is 1. The second-order valence-electron chi connectivity index (χ2n) is 14.7. The summed E-state index contributed by atoms with van der Waals surface area (Å²) in [6.07, 6.45) is 3.16. The standard InChI is InChI=1S/C23H26N3O6PS.C13H13N3O2.C9H14NO5PS/c1-16-5-9-18(10-6-16)20-14-25-23(24-2)22(26-20)21(27)13-17-7-11-19(12-8-17)34(29,30)15-33(28,31-3)32-4;1-8-3-5-9(6-4-8)10-7-15-12(14-2)11(16-10)13(17)18;1-14-16(11,15-2)7-17(12,13)9-5-3-8(10)4-6-9/h5-12,14H,13,15H2,1-4H3,(H,24,25);3-7H,1-2H3,(H,14,15)(H,17,18);3-6H,7,10H2,1-2H3. The summed E-state index contributed by atoms with van der Waals surface area (Å²) in [6, 6.07) is 26.8. The Balaban J connectivity index is 0.000000249. The normalized spacial score (nSPS) is 11.6. The number of hydrogen-bond donors (Lipinski definition) is 4. The maximum absolute atomic E-state index is 13.0. The molecule has 6 aromatic rings. The Morgan fingerprint density at radius 3 is 1.32 bits per heavy atom. The third kappa shape index (κ3) is 15.4. The lowest BCUT2D eigenvalue weighted by Gasteiger charge is -2.14. The largest absolute Gasteiger partial charge is 0.476 e. The van der Waals surface area contributed by atoms with Crippen molar-refractivity contribution in [2.75, 3.05) is 69.9 Å². The minimum absolute atomic E-state index is 0.00429. The van der Waals surface area contributed by atoms with Crippen molar-refractivity contribution >= 4 is 63.9 Å². The lowest BCUT2D eigenvalue weighted by atomic mass is 10.1. The second kappa shape index (κ2) is 24.4. The maximum atomic E-state index is 13.0. The fourth-order valence-electron chi connectivity index (χ4n) is 5.90. The smallest absolute Gasteiger partial charge is 0.358 e. The molecule has 0 aliphatic carbocycles. The molecule has 0 spiro atoms. The number of carboxylic acid groups (broad SMARTS) is 1. The highest BCUT2D eigenvalue weighted by atomic mass is 32.2. The van der Waals surface area contributed by atoms with Crippen LogP contribution in [0.15, 0.2) is 119 Å². The Hall–Kier alpha value is -6.22. The van der Waals surface area contributed by atoms with Gasteiger partial charge in [0.25, 0.3) is 0 Å². The number of carbonyl (C=O) groups is 2. The second-order valence-corrected chi connectivity index (χ2v) is 24.1. The number of nitrogens with zero attached hydrogens (tertiary/aromatic N) is 4. The van der Waals surface area contributed by atoms with Gasteiger partial charge in [0, 0.05) is 65.8 Å². The molecule has 0 fully saturated rings. The van der Waals surface area contributed by atoms with Crippen LogP contribution < -0.4 is 16.4 Å². The number of sulfone groups is 2. The van der Waals surface area contributed by atoms with E-state index in [9.17, 15) is 35.6 Å². The molecule has 2 aromatic heterocycles. The van der Waals surface area contributed by atoms with E-state index in [2.05, 4.69) is 39.6 Å². The van der Waals surface area contributed by atoms with E-state index in [1.807, 2.05) is 62.4 Å². The summed E-state index contributed by atoms with van der Waals surface area (Å²) in [4.78, 5) is 41.1. The number of hydrogen-bond acceptors (Lipinski definition) is 19. The first kappa shape index (κ1) is 55.4. The Morgan fingerprint density at radius 2 is 0.957 bits per heavy atom. The van der Waals surface area contributed by atoms with Gasteiger partial charge in [-0.05, 0) is 55.8 Å². The number of anilines is 3. The van der Waals surface area contributed by atoms with E-state index in [4.69, 9.17) is 19.9 Å². The first-order valence-corrected chi connectivity index (χ1v) is 27.1. The van der Waals surface area contributed by atoms with Gasteiger partial charge in [0.1, 0.15) is 5.69 Å². The van der Waals surface area contributed by atoms with Crippen LogP contribution in [0.3, 0.4) is 0 Å². The number of aryl methyl sites for hydroxylation is 2. The van der Waals surface area contributed by atoms with Crippen molar-refractivity contribution in [1.82, 2.24) is 19.9 Å². The van der Waals surface area contributed by atoms with Crippen molar-refractivity contribution in [2.24, 2.45) is 0 Å². The molecule has 6 rings (SSSR count). The van der Waals surface area contributed by atoms with E-state index in [0.717, 1.165) is 50.7 Å². The molecule has 368 valence electrons. The number of nitrogens with two attached hydrogens (primary N) is 1. The molecule has 0 atom stereocenters. The fraction of sp³-hybridized carbons (Fsp3) is 0.244. The van der Waals surface area contributed by atoms with Gasteiger partial charge >= 0.3 is 21.2 Å². The minimum Gasteiger partial charge on any atom is -0.476 e. The third-order valence-electron chi connectivity index (χ3n) is 9.84. The maximum Gasteiger partial charge on any atom is 0.358 e. The zero-order valence-corrected chi connectivity index (χ0v) is 42.4. The highest BCUT2D eigenvalue weighted by Gasteiger charge is 2.32. The molecule has 0 aliphatic heterocycles. The number of benzene rings is 4. The van der Waals surface area contributed by atoms with Gasteiger partial charge < -0.3 is 39.6 Å². The van der Waals surface area contributed by atoms with Crippen molar-refractivity contribution in [2.45, 2.75) is 30.1 Å². The molecular formula is C45H53N7O13P2S2. The zero-order valence-electron chi connectivity index (χ0n) is 38.9. The number of nitrogens with one attached hydrogen (secondary N) is 2. The van der Waals surface area contributed by atoms with Crippen LogP contribution in [0.2, 0.25) is 0 Å². The lowest BCUT2D eigenvalue weighted by molar-refractivity contribution is 0.0691. The topological polar surface area (TPSA) is 295 Å². The summed E-state index contributed by atoms with van der Waals surface area (Å²) in [6.45, 7) is 3.97. The number of ketones is 1. The van der Waals surface area contributed by atoms with Crippen molar-refractivity contribution in [1.29, 1.82) is 0 Å². The number of aromatic nitrogens is 4. The Bertz CT molecular complexity index is 3040. The van der Waals surface area contributed by atoms with Crippen LogP contribution in [0, 0.1) is 13.8 Å². The summed E-state index contributed by atoms with van der Waals surface area (Å²) in [5.74, 6) is -0.751. The fourth-order valence-corrected chi connectivity index (χ4v) is 13.5. The molecule has 5 N–H and O–H groups in total. The van der Waals surface area contributed by atoms with E-state index in [1.165, 1.54) is 48.5 Å². The van der Waals surface area contributed by atoms with Gasteiger partial charge in [0.05, 0.1) is 33.6 Å². The molecular weight excluding hydrogens is 973 g/mol.